The van der Waals surface area contributed by atoms with Crippen molar-refractivity contribution in [2.75, 3.05) is 5.75 Å². The number of esters is 1. The molecule has 0 aliphatic carbocycles. The zero-order valence-corrected chi connectivity index (χ0v) is 13.6. The van der Waals surface area contributed by atoms with Crippen molar-refractivity contribution in [3.05, 3.63) is 71.3 Å². The number of hydrogen-bond donors (Lipinski definition) is 1. The Morgan fingerprint density at radius 2 is 1.50 bits per heavy atom. The van der Waals surface area contributed by atoms with E-state index in [9.17, 15) is 14.4 Å². The van der Waals surface area contributed by atoms with Gasteiger partial charge in [-0.25, -0.2) is 4.79 Å². The average molecular weight is 341 g/mol. The molecule has 0 saturated carbocycles. The van der Waals surface area contributed by atoms with Crippen LogP contribution in [0.15, 0.2) is 54.6 Å². The van der Waals surface area contributed by atoms with Crippen molar-refractivity contribution in [2.45, 2.75) is 12.6 Å². The van der Waals surface area contributed by atoms with Gasteiger partial charge in [0.05, 0.1) is 11.1 Å². The summed E-state index contributed by atoms with van der Waals surface area (Å²) in [5.74, 6) is -1.64. The summed E-state index contributed by atoms with van der Waals surface area (Å²) < 4.78 is 5.26. The summed E-state index contributed by atoms with van der Waals surface area (Å²) >= 11 is 4.12. The molecule has 2 aromatic rings. The molecule has 24 heavy (non-hydrogen) atoms. The summed E-state index contributed by atoms with van der Waals surface area (Å²) in [6.07, 6.45) is 0. The van der Waals surface area contributed by atoms with Crippen molar-refractivity contribution in [3.8, 4) is 0 Å². The molecule has 1 aliphatic rings. The zero-order valence-electron chi connectivity index (χ0n) is 12.7. The van der Waals surface area contributed by atoms with E-state index >= 15 is 0 Å². The maximum Gasteiger partial charge on any atom is 0.330 e. The number of fused-ring (bicyclic) bond motifs is 1. The number of ether oxygens (including phenoxy) is 1. The molecule has 1 atom stereocenters. The Balaban J connectivity index is 1.76. The Kier molecular flexibility index (Phi) is 4.66. The number of amides is 2. The van der Waals surface area contributed by atoms with Gasteiger partial charge in [-0.2, -0.15) is 12.6 Å². The summed E-state index contributed by atoms with van der Waals surface area (Å²) in [4.78, 5) is 38.2. The molecule has 2 aromatic carbocycles. The fourth-order valence-corrected chi connectivity index (χ4v) is 2.89. The van der Waals surface area contributed by atoms with Gasteiger partial charge in [-0.1, -0.05) is 42.5 Å². The van der Waals surface area contributed by atoms with E-state index in [0.717, 1.165) is 10.5 Å². The third-order valence-corrected chi connectivity index (χ3v) is 4.15. The number of thiol groups is 1. The predicted octanol–water partition coefficient (Wildman–Crippen LogP) is 2.32. The molecule has 0 fully saturated rings. The van der Waals surface area contributed by atoms with Gasteiger partial charge in [-0.05, 0) is 17.7 Å². The minimum Gasteiger partial charge on any atom is -0.459 e. The molecule has 1 aliphatic heterocycles. The first-order chi connectivity index (χ1) is 11.6. The molecular weight excluding hydrogens is 326 g/mol. The largest absolute Gasteiger partial charge is 0.459 e. The Morgan fingerprint density at radius 1 is 0.958 bits per heavy atom. The molecule has 122 valence electrons. The van der Waals surface area contributed by atoms with E-state index in [0.29, 0.717) is 11.1 Å². The highest BCUT2D eigenvalue weighted by molar-refractivity contribution is 7.80. The van der Waals surface area contributed by atoms with Crippen molar-refractivity contribution >= 4 is 30.4 Å². The third-order valence-electron chi connectivity index (χ3n) is 3.81. The first-order valence-corrected chi connectivity index (χ1v) is 8.05. The van der Waals surface area contributed by atoms with Gasteiger partial charge >= 0.3 is 5.97 Å². The number of carbonyl (C=O) groups is 3. The van der Waals surface area contributed by atoms with Crippen molar-refractivity contribution in [2.24, 2.45) is 0 Å². The van der Waals surface area contributed by atoms with E-state index in [-0.39, 0.29) is 12.4 Å². The van der Waals surface area contributed by atoms with Crippen LogP contribution < -0.4 is 0 Å². The number of benzene rings is 2. The third kappa shape index (κ3) is 2.92. The molecule has 0 radical (unpaired) electrons. The SMILES string of the molecule is O=C(OCc1ccccc1)[C@H](CS)N1C(=O)c2ccccc2C1=O. The Labute approximate surface area is 144 Å². The van der Waals surface area contributed by atoms with Crippen LogP contribution in [0.2, 0.25) is 0 Å². The quantitative estimate of drug-likeness (QED) is 0.515. The van der Waals surface area contributed by atoms with Crippen LogP contribution in [0.4, 0.5) is 0 Å². The second-order valence-corrected chi connectivity index (χ2v) is 5.68. The van der Waals surface area contributed by atoms with Crippen LogP contribution in [-0.2, 0) is 16.1 Å². The number of nitrogens with zero attached hydrogens (tertiary/aromatic N) is 1. The van der Waals surface area contributed by atoms with Crippen molar-refractivity contribution in [1.82, 2.24) is 4.90 Å². The number of carbonyl (C=O) groups excluding carboxylic acids is 3. The number of hydrogen-bond acceptors (Lipinski definition) is 5. The number of rotatable bonds is 5. The van der Waals surface area contributed by atoms with Gasteiger partial charge in [0.25, 0.3) is 11.8 Å². The monoisotopic (exact) mass is 341 g/mol. The maximum absolute atomic E-state index is 12.4. The van der Waals surface area contributed by atoms with Crippen molar-refractivity contribution < 1.29 is 19.1 Å². The fraction of sp³-hybridized carbons (Fsp3) is 0.167. The summed E-state index contributed by atoms with van der Waals surface area (Å²) in [5, 5.41) is 0. The van der Waals surface area contributed by atoms with Crippen LogP contribution >= 0.6 is 12.6 Å². The van der Waals surface area contributed by atoms with E-state index in [1.807, 2.05) is 30.3 Å². The molecule has 0 unspecified atom stereocenters. The van der Waals surface area contributed by atoms with Crippen LogP contribution in [0.25, 0.3) is 0 Å². The van der Waals surface area contributed by atoms with E-state index < -0.39 is 23.8 Å². The summed E-state index contributed by atoms with van der Waals surface area (Å²) in [6, 6.07) is 14.6. The van der Waals surface area contributed by atoms with E-state index in [1.165, 1.54) is 0 Å². The van der Waals surface area contributed by atoms with E-state index in [1.54, 1.807) is 24.3 Å². The van der Waals surface area contributed by atoms with Crippen LogP contribution in [-0.4, -0.2) is 34.5 Å². The van der Waals surface area contributed by atoms with Gasteiger partial charge in [0.1, 0.15) is 12.6 Å². The molecule has 3 rings (SSSR count). The highest BCUT2D eigenvalue weighted by Crippen LogP contribution is 2.25. The topological polar surface area (TPSA) is 63.7 Å². The Hall–Kier alpha value is -2.60. The minimum absolute atomic E-state index is 0.000901. The van der Waals surface area contributed by atoms with Gasteiger partial charge in [0.15, 0.2) is 0 Å². The van der Waals surface area contributed by atoms with Crippen molar-refractivity contribution in [3.63, 3.8) is 0 Å². The Bertz CT molecular complexity index is 756. The smallest absolute Gasteiger partial charge is 0.330 e. The molecular formula is C18H15NO4S. The van der Waals surface area contributed by atoms with E-state index in [4.69, 9.17) is 4.74 Å². The zero-order chi connectivity index (χ0) is 17.1. The van der Waals surface area contributed by atoms with Gasteiger partial charge < -0.3 is 4.74 Å². The van der Waals surface area contributed by atoms with Crippen LogP contribution in [0.5, 0.6) is 0 Å². The molecule has 5 nitrogen and oxygen atoms in total. The highest BCUT2D eigenvalue weighted by atomic mass is 32.1. The lowest BCUT2D eigenvalue weighted by atomic mass is 10.1. The molecule has 0 spiro atoms. The molecule has 2 amide bonds. The number of imide groups is 1. The predicted molar refractivity (Wildman–Crippen MR) is 90.8 cm³/mol. The normalized spacial score (nSPS) is 14.5. The summed E-state index contributed by atoms with van der Waals surface area (Å²) in [6.45, 7) is 0.0765. The van der Waals surface area contributed by atoms with Crippen LogP contribution in [0.3, 0.4) is 0 Å². The fourth-order valence-electron chi connectivity index (χ4n) is 2.58. The molecule has 0 bridgehead atoms. The molecule has 0 saturated heterocycles. The standard InChI is InChI=1S/C18H15NO4S/c20-16-13-8-4-5-9-14(13)17(21)19(16)15(11-24)18(22)23-10-12-6-2-1-3-7-12/h1-9,15,24H,10-11H2/t15-/m0/s1. The lowest BCUT2D eigenvalue weighted by Gasteiger charge is -2.23. The minimum atomic E-state index is -1.05. The van der Waals surface area contributed by atoms with Crippen LogP contribution in [0, 0.1) is 0 Å². The first kappa shape index (κ1) is 16.3. The first-order valence-electron chi connectivity index (χ1n) is 7.42. The second-order valence-electron chi connectivity index (χ2n) is 5.32. The average Bonchev–Trinajstić information content (AvgIpc) is 2.87. The molecule has 0 aromatic heterocycles. The van der Waals surface area contributed by atoms with Crippen LogP contribution in [0.1, 0.15) is 26.3 Å². The maximum atomic E-state index is 12.4. The molecule has 6 heteroatoms. The van der Waals surface area contributed by atoms with E-state index in [2.05, 4.69) is 12.6 Å². The summed E-state index contributed by atoms with van der Waals surface area (Å²) in [5.41, 5.74) is 1.42. The lowest BCUT2D eigenvalue weighted by molar-refractivity contribution is -0.148. The second kappa shape index (κ2) is 6.88. The van der Waals surface area contributed by atoms with Gasteiger partial charge in [0.2, 0.25) is 0 Å². The van der Waals surface area contributed by atoms with Gasteiger partial charge in [-0.15, -0.1) is 0 Å². The molecule has 1 heterocycles. The van der Waals surface area contributed by atoms with Gasteiger partial charge in [0, 0.05) is 5.75 Å². The summed E-state index contributed by atoms with van der Waals surface area (Å²) in [7, 11) is 0. The van der Waals surface area contributed by atoms with Gasteiger partial charge in [-0.3, -0.25) is 14.5 Å². The Morgan fingerprint density at radius 3 is 2.04 bits per heavy atom. The lowest BCUT2D eigenvalue weighted by Crippen LogP contribution is -2.46. The highest BCUT2D eigenvalue weighted by Gasteiger charge is 2.42. The van der Waals surface area contributed by atoms with Crippen molar-refractivity contribution in [1.29, 1.82) is 0 Å². The molecule has 0 N–H and O–H groups in total.